The molecule has 21 heavy (non-hydrogen) atoms. The molecule has 1 aromatic carbocycles. The summed E-state index contributed by atoms with van der Waals surface area (Å²) in [5.74, 6) is 0.818. The van der Waals surface area contributed by atoms with Gasteiger partial charge in [-0.1, -0.05) is 12.1 Å². The average molecular weight is 295 g/mol. The lowest BCUT2D eigenvalue weighted by Gasteiger charge is -2.32. The minimum Gasteiger partial charge on any atom is -0.497 e. The molecule has 2 rings (SSSR count). The SMILES string of the molecule is COc1cccc(COCC(O)CN2CCOC(C)C2)c1. The first-order valence-electron chi connectivity index (χ1n) is 7.40. The number of β-amino-alcohol motifs (C(OH)–C–C–N with tert-alkyl or cyclic N) is 1. The quantitative estimate of drug-likeness (QED) is 0.821. The van der Waals surface area contributed by atoms with E-state index in [9.17, 15) is 5.11 Å². The number of aliphatic hydroxyl groups excluding tert-OH is 1. The van der Waals surface area contributed by atoms with Crippen LogP contribution in [0.15, 0.2) is 24.3 Å². The topological polar surface area (TPSA) is 51.2 Å². The minimum atomic E-state index is -0.471. The van der Waals surface area contributed by atoms with Crippen LogP contribution >= 0.6 is 0 Å². The van der Waals surface area contributed by atoms with E-state index in [0.29, 0.717) is 19.8 Å². The summed E-state index contributed by atoms with van der Waals surface area (Å²) >= 11 is 0. The summed E-state index contributed by atoms with van der Waals surface area (Å²) in [7, 11) is 1.65. The van der Waals surface area contributed by atoms with Crippen LogP contribution in [0.1, 0.15) is 12.5 Å². The third kappa shape index (κ3) is 5.63. The number of benzene rings is 1. The summed E-state index contributed by atoms with van der Waals surface area (Å²) in [5, 5.41) is 10.0. The van der Waals surface area contributed by atoms with Gasteiger partial charge in [-0.05, 0) is 24.6 Å². The van der Waals surface area contributed by atoms with Crippen LogP contribution in [0.5, 0.6) is 5.75 Å². The molecule has 0 spiro atoms. The van der Waals surface area contributed by atoms with Crippen molar-refractivity contribution in [3.63, 3.8) is 0 Å². The van der Waals surface area contributed by atoms with Crippen LogP contribution in [-0.4, -0.2) is 62.2 Å². The van der Waals surface area contributed by atoms with Crippen LogP contribution < -0.4 is 4.74 Å². The summed E-state index contributed by atoms with van der Waals surface area (Å²) < 4.78 is 16.2. The van der Waals surface area contributed by atoms with E-state index in [1.165, 1.54) is 0 Å². The van der Waals surface area contributed by atoms with E-state index in [1.807, 2.05) is 24.3 Å². The van der Waals surface area contributed by atoms with E-state index in [1.54, 1.807) is 7.11 Å². The maximum Gasteiger partial charge on any atom is 0.119 e. The number of rotatable bonds is 7. The molecule has 2 unspecified atom stereocenters. The molecule has 0 bridgehead atoms. The zero-order chi connectivity index (χ0) is 15.1. The Morgan fingerprint density at radius 1 is 1.48 bits per heavy atom. The summed E-state index contributed by atoms with van der Waals surface area (Å²) in [6, 6.07) is 7.76. The van der Waals surface area contributed by atoms with Gasteiger partial charge in [-0.3, -0.25) is 4.90 Å². The lowest BCUT2D eigenvalue weighted by Crippen LogP contribution is -2.45. The maximum absolute atomic E-state index is 10.0. The highest BCUT2D eigenvalue weighted by Crippen LogP contribution is 2.13. The van der Waals surface area contributed by atoms with Crippen molar-refractivity contribution in [3.05, 3.63) is 29.8 Å². The second-order valence-electron chi connectivity index (χ2n) is 5.46. The van der Waals surface area contributed by atoms with Gasteiger partial charge in [0.1, 0.15) is 5.75 Å². The molecule has 0 aromatic heterocycles. The van der Waals surface area contributed by atoms with Crippen molar-refractivity contribution in [3.8, 4) is 5.75 Å². The fraction of sp³-hybridized carbons (Fsp3) is 0.625. The van der Waals surface area contributed by atoms with Gasteiger partial charge in [0.05, 0.1) is 39.1 Å². The molecule has 0 amide bonds. The second-order valence-corrected chi connectivity index (χ2v) is 5.46. The normalized spacial score (nSPS) is 21.2. The number of aliphatic hydroxyl groups is 1. The van der Waals surface area contributed by atoms with Crippen molar-refractivity contribution >= 4 is 0 Å². The van der Waals surface area contributed by atoms with Crippen molar-refractivity contribution in [1.82, 2.24) is 4.90 Å². The molecule has 1 saturated heterocycles. The molecule has 1 aliphatic heterocycles. The molecule has 0 aliphatic carbocycles. The van der Waals surface area contributed by atoms with Crippen LogP contribution in [0.2, 0.25) is 0 Å². The molecule has 1 fully saturated rings. The molecule has 1 heterocycles. The summed E-state index contributed by atoms with van der Waals surface area (Å²) in [4.78, 5) is 2.22. The molecule has 1 N–H and O–H groups in total. The van der Waals surface area contributed by atoms with Crippen LogP contribution in [0.4, 0.5) is 0 Å². The first-order chi connectivity index (χ1) is 10.2. The van der Waals surface area contributed by atoms with Crippen molar-refractivity contribution in [1.29, 1.82) is 0 Å². The summed E-state index contributed by atoms with van der Waals surface area (Å²) in [5.41, 5.74) is 1.04. The number of morpholine rings is 1. The van der Waals surface area contributed by atoms with Crippen molar-refractivity contribution in [2.75, 3.05) is 40.0 Å². The fourth-order valence-electron chi connectivity index (χ4n) is 2.48. The van der Waals surface area contributed by atoms with Gasteiger partial charge in [-0.15, -0.1) is 0 Å². The van der Waals surface area contributed by atoms with Gasteiger partial charge in [-0.25, -0.2) is 0 Å². The van der Waals surface area contributed by atoms with E-state index in [4.69, 9.17) is 14.2 Å². The van der Waals surface area contributed by atoms with Crippen LogP contribution in [-0.2, 0) is 16.1 Å². The Hall–Kier alpha value is -1.14. The lowest BCUT2D eigenvalue weighted by atomic mass is 10.2. The standard InChI is InChI=1S/C16H25NO4/c1-13-9-17(6-7-21-13)10-15(18)12-20-11-14-4-3-5-16(8-14)19-2/h3-5,8,13,15,18H,6-7,9-12H2,1-2H3. The van der Waals surface area contributed by atoms with E-state index in [0.717, 1.165) is 31.0 Å². The molecular formula is C16H25NO4. The number of hydrogen-bond acceptors (Lipinski definition) is 5. The van der Waals surface area contributed by atoms with Crippen molar-refractivity contribution < 1.29 is 19.3 Å². The zero-order valence-corrected chi connectivity index (χ0v) is 12.8. The first-order valence-corrected chi connectivity index (χ1v) is 7.40. The smallest absolute Gasteiger partial charge is 0.119 e. The molecule has 0 saturated carbocycles. The van der Waals surface area contributed by atoms with Gasteiger partial charge >= 0.3 is 0 Å². The first kappa shape index (κ1) is 16.2. The number of nitrogens with zero attached hydrogens (tertiary/aromatic N) is 1. The molecule has 2 atom stereocenters. The third-order valence-corrected chi connectivity index (χ3v) is 3.51. The number of hydrogen-bond donors (Lipinski definition) is 1. The van der Waals surface area contributed by atoms with Crippen LogP contribution in [0, 0.1) is 0 Å². The summed E-state index contributed by atoms with van der Waals surface area (Å²) in [6.07, 6.45) is -0.232. The zero-order valence-electron chi connectivity index (χ0n) is 12.8. The molecular weight excluding hydrogens is 270 g/mol. The monoisotopic (exact) mass is 295 g/mol. The Morgan fingerprint density at radius 2 is 2.33 bits per heavy atom. The van der Waals surface area contributed by atoms with Gasteiger partial charge in [0.25, 0.3) is 0 Å². The van der Waals surface area contributed by atoms with E-state index in [-0.39, 0.29) is 6.10 Å². The van der Waals surface area contributed by atoms with Gasteiger partial charge in [0.15, 0.2) is 0 Å². The van der Waals surface area contributed by atoms with Gasteiger partial charge in [0.2, 0.25) is 0 Å². The van der Waals surface area contributed by atoms with E-state index >= 15 is 0 Å². The van der Waals surface area contributed by atoms with Crippen molar-refractivity contribution in [2.24, 2.45) is 0 Å². The van der Waals surface area contributed by atoms with Crippen LogP contribution in [0.25, 0.3) is 0 Å². The highest BCUT2D eigenvalue weighted by Gasteiger charge is 2.19. The molecule has 5 heteroatoms. The predicted molar refractivity (Wildman–Crippen MR) is 80.5 cm³/mol. The fourth-order valence-corrected chi connectivity index (χ4v) is 2.48. The van der Waals surface area contributed by atoms with Crippen molar-refractivity contribution in [2.45, 2.75) is 25.7 Å². The number of ether oxygens (including phenoxy) is 3. The van der Waals surface area contributed by atoms with E-state index < -0.39 is 6.10 Å². The molecule has 1 aromatic rings. The van der Waals surface area contributed by atoms with E-state index in [2.05, 4.69) is 11.8 Å². The maximum atomic E-state index is 10.0. The Morgan fingerprint density at radius 3 is 3.10 bits per heavy atom. The third-order valence-electron chi connectivity index (χ3n) is 3.51. The highest BCUT2D eigenvalue weighted by atomic mass is 16.5. The summed E-state index contributed by atoms with van der Waals surface area (Å²) in [6.45, 7) is 5.98. The Kier molecular flexibility index (Phi) is 6.45. The Labute approximate surface area is 126 Å². The molecule has 5 nitrogen and oxygen atoms in total. The Balaban J connectivity index is 1.67. The predicted octanol–water partition coefficient (Wildman–Crippen LogP) is 1.29. The average Bonchev–Trinajstić information content (AvgIpc) is 2.47. The molecule has 118 valence electrons. The van der Waals surface area contributed by atoms with Gasteiger partial charge < -0.3 is 19.3 Å². The minimum absolute atomic E-state index is 0.239. The molecule has 1 aliphatic rings. The second kappa shape index (κ2) is 8.34. The lowest BCUT2D eigenvalue weighted by molar-refractivity contribution is -0.0455. The largest absolute Gasteiger partial charge is 0.497 e. The van der Waals surface area contributed by atoms with Gasteiger partial charge in [-0.2, -0.15) is 0 Å². The number of methoxy groups -OCH3 is 1. The molecule has 0 radical (unpaired) electrons. The van der Waals surface area contributed by atoms with Gasteiger partial charge in [0, 0.05) is 19.6 Å². The Bertz CT molecular complexity index is 426. The highest BCUT2D eigenvalue weighted by molar-refractivity contribution is 5.27. The van der Waals surface area contributed by atoms with Crippen LogP contribution in [0.3, 0.4) is 0 Å².